The van der Waals surface area contributed by atoms with Gasteiger partial charge in [-0.3, -0.25) is 4.98 Å². The zero-order valence-corrected chi connectivity index (χ0v) is 19.6. The topological polar surface area (TPSA) is 87.1 Å². The summed E-state index contributed by atoms with van der Waals surface area (Å²) in [5.74, 6) is 1.97. The number of benzene rings is 2. The Bertz CT molecular complexity index is 1220. The number of carboxylic acids is 1. The molecule has 0 bridgehead atoms. The molecule has 172 valence electrons. The van der Waals surface area contributed by atoms with Gasteiger partial charge in [-0.1, -0.05) is 12.1 Å². The molecule has 2 aromatic heterocycles. The fourth-order valence-electron chi connectivity index (χ4n) is 3.28. The first-order valence-electron chi connectivity index (χ1n) is 9.98. The van der Waals surface area contributed by atoms with Crippen LogP contribution < -0.4 is 18.9 Å². The third kappa shape index (κ3) is 5.72. The van der Waals surface area contributed by atoms with E-state index in [-0.39, 0.29) is 0 Å². The highest BCUT2D eigenvalue weighted by molar-refractivity contribution is 7.11. The molecule has 2 aromatic carbocycles. The number of ether oxygens (including phenoxy) is 4. The highest BCUT2D eigenvalue weighted by Crippen LogP contribution is 2.34. The summed E-state index contributed by atoms with van der Waals surface area (Å²) >= 11 is 1.23. The van der Waals surface area contributed by atoms with Crippen molar-refractivity contribution in [2.75, 3.05) is 28.4 Å². The van der Waals surface area contributed by atoms with Gasteiger partial charge in [0.1, 0.15) is 4.88 Å². The molecule has 0 unspecified atom stereocenters. The molecule has 0 aliphatic carbocycles. The molecule has 0 saturated carbocycles. The van der Waals surface area contributed by atoms with Crippen LogP contribution in [0.15, 0.2) is 60.1 Å². The second-order valence-corrected chi connectivity index (χ2v) is 7.78. The lowest BCUT2D eigenvalue weighted by Crippen LogP contribution is -1.97. The zero-order valence-electron chi connectivity index (χ0n) is 18.8. The van der Waals surface area contributed by atoms with Crippen LogP contribution in [-0.2, 0) is 6.42 Å². The number of fused-ring (bicyclic) bond motifs is 1. The van der Waals surface area contributed by atoms with E-state index in [1.54, 1.807) is 46.0 Å². The molecular weight excluding hydrogens is 442 g/mol. The predicted molar refractivity (Wildman–Crippen MR) is 128 cm³/mol. The van der Waals surface area contributed by atoms with E-state index < -0.39 is 5.97 Å². The maximum absolute atomic E-state index is 10.1. The van der Waals surface area contributed by atoms with Crippen LogP contribution in [0, 0.1) is 0 Å². The second-order valence-electron chi connectivity index (χ2n) is 6.83. The van der Waals surface area contributed by atoms with Gasteiger partial charge < -0.3 is 24.1 Å². The van der Waals surface area contributed by atoms with E-state index >= 15 is 0 Å². The maximum Gasteiger partial charge on any atom is 0.345 e. The lowest BCUT2D eigenvalue weighted by atomic mass is 10.0. The third-order valence-corrected chi connectivity index (χ3v) is 5.76. The standard InChI is InChI=1S/C20H21NO4.C5H4O2S/c1-22-17-6-5-13(10-18(17)23-2)9-16-15-12-20(25-4)19(24-3)11-14(15)7-8-21-16;6-5(7)4-2-1-3-8-4/h5-8,10-12H,9H2,1-4H3;1-3H,(H,6,7). The molecule has 1 N–H and O–H groups in total. The van der Waals surface area contributed by atoms with Gasteiger partial charge in [0, 0.05) is 18.0 Å². The average Bonchev–Trinajstić information content (AvgIpc) is 3.39. The van der Waals surface area contributed by atoms with Crippen LogP contribution in [0.3, 0.4) is 0 Å². The number of aromatic nitrogens is 1. The number of methoxy groups -OCH3 is 4. The summed E-state index contributed by atoms with van der Waals surface area (Å²) in [4.78, 5) is 15.0. The summed E-state index contributed by atoms with van der Waals surface area (Å²) in [5, 5.41) is 12.1. The van der Waals surface area contributed by atoms with E-state index in [1.807, 2.05) is 42.6 Å². The van der Waals surface area contributed by atoms with Crippen LogP contribution in [-0.4, -0.2) is 44.5 Å². The minimum atomic E-state index is -0.847. The Morgan fingerprint density at radius 2 is 1.55 bits per heavy atom. The fourth-order valence-corrected chi connectivity index (χ4v) is 3.85. The first-order valence-corrected chi connectivity index (χ1v) is 10.9. The minimum Gasteiger partial charge on any atom is -0.493 e. The summed E-state index contributed by atoms with van der Waals surface area (Å²) in [7, 11) is 6.53. The van der Waals surface area contributed by atoms with Crippen LogP contribution in [0.2, 0.25) is 0 Å². The number of pyridine rings is 1. The molecule has 4 rings (SSSR count). The molecule has 0 amide bonds. The van der Waals surface area contributed by atoms with E-state index in [4.69, 9.17) is 24.1 Å². The number of hydrogen-bond donors (Lipinski definition) is 1. The number of rotatable bonds is 7. The molecule has 0 spiro atoms. The highest BCUT2D eigenvalue weighted by Gasteiger charge is 2.12. The van der Waals surface area contributed by atoms with E-state index in [2.05, 4.69) is 4.98 Å². The monoisotopic (exact) mass is 467 g/mol. The summed E-state index contributed by atoms with van der Waals surface area (Å²) < 4.78 is 21.5. The van der Waals surface area contributed by atoms with E-state index in [0.717, 1.165) is 22.0 Å². The van der Waals surface area contributed by atoms with Crippen molar-refractivity contribution in [2.45, 2.75) is 6.42 Å². The SMILES string of the molecule is COc1ccc(Cc2nccc3cc(OC)c(OC)cc23)cc1OC.O=C(O)c1cccs1. The van der Waals surface area contributed by atoms with Crippen LogP contribution >= 0.6 is 11.3 Å². The summed E-state index contributed by atoms with van der Waals surface area (Å²) in [5.41, 5.74) is 2.05. The number of nitrogens with zero attached hydrogens (tertiary/aromatic N) is 1. The molecule has 4 aromatic rings. The number of thiophene rings is 1. The van der Waals surface area contributed by atoms with Crippen LogP contribution in [0.5, 0.6) is 23.0 Å². The average molecular weight is 468 g/mol. The van der Waals surface area contributed by atoms with Crippen LogP contribution in [0.25, 0.3) is 10.8 Å². The Hall–Kier alpha value is -3.78. The molecule has 2 heterocycles. The molecule has 0 radical (unpaired) electrons. The van der Waals surface area contributed by atoms with Crippen molar-refractivity contribution in [1.29, 1.82) is 0 Å². The van der Waals surface area contributed by atoms with Gasteiger partial charge in [-0.2, -0.15) is 0 Å². The molecular formula is C25H25NO6S. The third-order valence-electron chi connectivity index (χ3n) is 4.90. The van der Waals surface area contributed by atoms with Crippen molar-refractivity contribution in [1.82, 2.24) is 4.98 Å². The smallest absolute Gasteiger partial charge is 0.345 e. The van der Waals surface area contributed by atoms with Gasteiger partial charge >= 0.3 is 5.97 Å². The van der Waals surface area contributed by atoms with E-state index in [0.29, 0.717) is 34.3 Å². The Morgan fingerprint density at radius 1 is 0.879 bits per heavy atom. The molecule has 0 aliphatic heterocycles. The van der Waals surface area contributed by atoms with Crippen LogP contribution in [0.4, 0.5) is 0 Å². The van der Waals surface area contributed by atoms with Gasteiger partial charge in [0.05, 0.1) is 34.1 Å². The van der Waals surface area contributed by atoms with Gasteiger partial charge in [-0.15, -0.1) is 11.3 Å². The van der Waals surface area contributed by atoms with Crippen molar-refractivity contribution < 1.29 is 28.8 Å². The van der Waals surface area contributed by atoms with Gasteiger partial charge in [0.2, 0.25) is 0 Å². The lowest BCUT2D eigenvalue weighted by molar-refractivity contribution is 0.0702. The predicted octanol–water partition coefficient (Wildman–Crippen LogP) is 5.31. The lowest BCUT2D eigenvalue weighted by Gasteiger charge is -2.12. The molecule has 0 saturated heterocycles. The van der Waals surface area contributed by atoms with E-state index in [1.165, 1.54) is 11.3 Å². The summed E-state index contributed by atoms with van der Waals surface area (Å²) in [6, 6.07) is 15.1. The van der Waals surface area contributed by atoms with E-state index in [9.17, 15) is 4.79 Å². The van der Waals surface area contributed by atoms with Gasteiger partial charge in [0.15, 0.2) is 23.0 Å². The van der Waals surface area contributed by atoms with Crippen LogP contribution in [0.1, 0.15) is 20.9 Å². The van der Waals surface area contributed by atoms with Gasteiger partial charge in [0.25, 0.3) is 0 Å². The van der Waals surface area contributed by atoms with Crippen molar-refractivity contribution in [3.05, 3.63) is 76.2 Å². The Labute approximate surface area is 196 Å². The molecule has 0 aliphatic rings. The zero-order chi connectivity index (χ0) is 23.8. The Kier molecular flexibility index (Phi) is 8.10. The van der Waals surface area contributed by atoms with Crippen molar-refractivity contribution in [3.63, 3.8) is 0 Å². The first-order chi connectivity index (χ1) is 16.0. The highest BCUT2D eigenvalue weighted by atomic mass is 32.1. The molecule has 7 nitrogen and oxygen atoms in total. The molecule has 8 heteroatoms. The normalized spacial score (nSPS) is 10.2. The second kappa shape index (κ2) is 11.2. The maximum atomic E-state index is 10.1. The summed E-state index contributed by atoms with van der Waals surface area (Å²) in [6.45, 7) is 0. The number of aromatic carboxylic acids is 1. The molecule has 0 atom stereocenters. The van der Waals surface area contributed by atoms with Gasteiger partial charge in [-0.25, -0.2) is 4.79 Å². The number of carboxylic acid groups (broad SMARTS) is 1. The molecule has 0 fully saturated rings. The van der Waals surface area contributed by atoms with Crippen molar-refractivity contribution in [3.8, 4) is 23.0 Å². The Balaban J connectivity index is 0.000000323. The Morgan fingerprint density at radius 3 is 2.12 bits per heavy atom. The first kappa shape index (κ1) is 23.9. The van der Waals surface area contributed by atoms with Crippen molar-refractivity contribution in [2.24, 2.45) is 0 Å². The number of hydrogen-bond acceptors (Lipinski definition) is 7. The number of carbonyl (C=O) groups is 1. The van der Waals surface area contributed by atoms with Crippen molar-refractivity contribution >= 4 is 28.1 Å². The largest absolute Gasteiger partial charge is 0.493 e. The molecule has 33 heavy (non-hydrogen) atoms. The quantitative estimate of drug-likeness (QED) is 0.394. The van der Waals surface area contributed by atoms with Gasteiger partial charge in [-0.05, 0) is 52.7 Å². The summed E-state index contributed by atoms with van der Waals surface area (Å²) in [6.07, 6.45) is 2.48. The minimum absolute atomic E-state index is 0.394. The fraction of sp³-hybridized carbons (Fsp3) is 0.200.